The first-order valence-corrected chi connectivity index (χ1v) is 12.7. The van der Waals surface area contributed by atoms with Crippen LogP contribution in [0.25, 0.3) is 0 Å². The molecule has 11 heteroatoms. The molecule has 1 aromatic carbocycles. The van der Waals surface area contributed by atoms with Gasteiger partial charge in [-0.3, -0.25) is 19.2 Å². The van der Waals surface area contributed by atoms with Gasteiger partial charge in [-0.15, -0.1) is 0 Å². The normalized spacial score (nSPS) is 18.6. The minimum atomic E-state index is -1.04. The van der Waals surface area contributed by atoms with E-state index < -0.39 is 34.4 Å². The van der Waals surface area contributed by atoms with Crippen LogP contribution < -0.4 is 20.5 Å². The summed E-state index contributed by atoms with van der Waals surface area (Å²) in [6, 6.07) is 3.94. The Bertz CT molecular complexity index is 1320. The van der Waals surface area contributed by atoms with E-state index in [1.165, 1.54) is 35.2 Å². The van der Waals surface area contributed by atoms with E-state index in [1.54, 1.807) is 0 Å². The Labute approximate surface area is 219 Å². The SMILES string of the molecule is CN1CN2C(=O)CCCCCC/C=C/CCOc3cc(F)ccc3CNC(=O)c3cn2c(c(O)c3=O)C1=O. The van der Waals surface area contributed by atoms with Crippen LogP contribution in [-0.4, -0.2) is 52.7 Å². The van der Waals surface area contributed by atoms with Crippen LogP contribution in [0.15, 0.2) is 41.3 Å². The molecule has 0 spiro atoms. The molecule has 0 unspecified atom stereocenters. The zero-order valence-corrected chi connectivity index (χ0v) is 21.2. The molecule has 2 aliphatic rings. The summed E-state index contributed by atoms with van der Waals surface area (Å²) in [7, 11) is 1.46. The third-order valence-electron chi connectivity index (χ3n) is 6.54. The van der Waals surface area contributed by atoms with Crippen molar-refractivity contribution < 1.29 is 28.6 Å². The standard InChI is InChI=1S/C27H31FN4O6/c1-30-17-32-22(33)10-8-6-4-2-3-5-7-9-13-38-21-14-19(28)12-11-18(21)15-29-26(36)20-16-31(32)23(27(30)37)25(35)24(20)34/h5,7,11-12,14,16,35H,2-4,6,8-10,13,15,17H2,1H3,(H,29,36)/b7-5+. The van der Waals surface area contributed by atoms with Gasteiger partial charge in [0.05, 0.1) is 6.61 Å². The maximum absolute atomic E-state index is 13.9. The van der Waals surface area contributed by atoms with E-state index in [2.05, 4.69) is 11.4 Å². The highest BCUT2D eigenvalue weighted by Crippen LogP contribution is 2.23. The van der Waals surface area contributed by atoms with Crippen molar-refractivity contribution in [2.75, 3.05) is 25.3 Å². The predicted molar refractivity (Wildman–Crippen MR) is 137 cm³/mol. The van der Waals surface area contributed by atoms with E-state index in [0.29, 0.717) is 25.0 Å². The third kappa shape index (κ3) is 5.87. The number of aromatic nitrogens is 1. The Morgan fingerprint density at radius 1 is 1.03 bits per heavy atom. The van der Waals surface area contributed by atoms with Gasteiger partial charge >= 0.3 is 0 Å². The molecule has 10 nitrogen and oxygen atoms in total. The smallest absolute Gasteiger partial charge is 0.277 e. The van der Waals surface area contributed by atoms with Crippen molar-refractivity contribution in [1.82, 2.24) is 14.9 Å². The maximum atomic E-state index is 13.9. The lowest BCUT2D eigenvalue weighted by molar-refractivity contribution is -0.120. The summed E-state index contributed by atoms with van der Waals surface area (Å²) in [5, 5.41) is 14.5. The van der Waals surface area contributed by atoms with Gasteiger partial charge in [0.2, 0.25) is 11.3 Å². The summed E-state index contributed by atoms with van der Waals surface area (Å²) in [6.07, 6.45) is 10.3. The van der Waals surface area contributed by atoms with Crippen molar-refractivity contribution in [3.8, 4) is 11.5 Å². The Kier molecular flexibility index (Phi) is 8.45. The minimum Gasteiger partial charge on any atom is -0.502 e. The van der Waals surface area contributed by atoms with E-state index >= 15 is 0 Å². The van der Waals surface area contributed by atoms with Crippen molar-refractivity contribution in [2.24, 2.45) is 0 Å². The average molecular weight is 527 g/mol. The van der Waals surface area contributed by atoms with E-state index in [1.807, 2.05) is 6.08 Å². The summed E-state index contributed by atoms with van der Waals surface area (Å²) in [6.45, 7) is 0.132. The number of halogens is 1. The molecule has 2 N–H and O–H groups in total. The predicted octanol–water partition coefficient (Wildman–Crippen LogP) is 2.81. The van der Waals surface area contributed by atoms with Crippen LogP contribution in [0.4, 0.5) is 4.39 Å². The van der Waals surface area contributed by atoms with Crippen LogP contribution in [-0.2, 0) is 11.3 Å². The van der Waals surface area contributed by atoms with Gasteiger partial charge in [-0.2, -0.15) is 0 Å². The summed E-state index contributed by atoms with van der Waals surface area (Å²) in [5.74, 6) is -2.93. The van der Waals surface area contributed by atoms with Crippen LogP contribution in [0.2, 0.25) is 0 Å². The highest BCUT2D eigenvalue weighted by atomic mass is 19.1. The molecule has 0 radical (unpaired) electrons. The van der Waals surface area contributed by atoms with Crippen LogP contribution in [0.1, 0.15) is 71.4 Å². The number of rotatable bonds is 0. The minimum absolute atomic E-state index is 0.0868. The molecule has 2 aliphatic heterocycles. The van der Waals surface area contributed by atoms with Gasteiger partial charge in [0.1, 0.15) is 23.8 Å². The van der Waals surface area contributed by atoms with Crippen molar-refractivity contribution >= 4 is 17.7 Å². The van der Waals surface area contributed by atoms with Gasteiger partial charge in [-0.25, -0.2) is 14.1 Å². The molecule has 0 saturated heterocycles. The van der Waals surface area contributed by atoms with Crippen LogP contribution in [0, 0.1) is 5.82 Å². The van der Waals surface area contributed by atoms with Gasteiger partial charge in [0.25, 0.3) is 11.8 Å². The number of aromatic hydroxyl groups is 1. The molecular weight excluding hydrogens is 495 g/mol. The van der Waals surface area contributed by atoms with Crippen LogP contribution >= 0.6 is 0 Å². The number of nitrogens with one attached hydrogen (secondary N) is 1. The molecule has 0 fully saturated rings. The van der Waals surface area contributed by atoms with Crippen LogP contribution in [0.5, 0.6) is 11.5 Å². The number of fused-ring (bicyclic) bond motifs is 2. The van der Waals surface area contributed by atoms with Crippen molar-refractivity contribution in [3.05, 3.63) is 69.4 Å². The molecule has 2 bridgehead atoms. The first-order valence-electron chi connectivity index (χ1n) is 12.7. The topological polar surface area (TPSA) is 121 Å². The summed E-state index contributed by atoms with van der Waals surface area (Å²) < 4.78 is 20.7. The Morgan fingerprint density at radius 2 is 1.79 bits per heavy atom. The molecule has 3 amide bonds. The first kappa shape index (κ1) is 26.9. The quantitative estimate of drug-likeness (QED) is 0.510. The number of hydrogen-bond acceptors (Lipinski definition) is 6. The molecule has 2 aromatic rings. The number of amides is 3. The molecule has 38 heavy (non-hydrogen) atoms. The largest absolute Gasteiger partial charge is 0.502 e. The van der Waals surface area contributed by atoms with E-state index in [-0.39, 0.29) is 37.0 Å². The lowest BCUT2D eigenvalue weighted by atomic mass is 10.1. The monoisotopic (exact) mass is 526 g/mol. The number of benzene rings is 1. The van der Waals surface area contributed by atoms with E-state index in [4.69, 9.17) is 4.74 Å². The number of carbonyl (C=O) groups excluding carboxylic acids is 3. The number of allylic oxidation sites excluding steroid dienone is 1. The van der Waals surface area contributed by atoms with E-state index in [9.17, 15) is 28.7 Å². The Hall–Kier alpha value is -4.15. The van der Waals surface area contributed by atoms with Gasteiger partial charge in [0.15, 0.2) is 11.4 Å². The molecule has 202 valence electrons. The lowest BCUT2D eigenvalue weighted by Gasteiger charge is -2.36. The number of carbonyl (C=O) groups is 3. The van der Waals surface area contributed by atoms with Gasteiger partial charge in [-0.05, 0) is 31.7 Å². The number of pyridine rings is 1. The lowest BCUT2D eigenvalue weighted by Crippen LogP contribution is -2.55. The first-order chi connectivity index (χ1) is 18.3. The van der Waals surface area contributed by atoms with Crippen molar-refractivity contribution in [3.63, 3.8) is 0 Å². The second-order valence-electron chi connectivity index (χ2n) is 9.35. The summed E-state index contributed by atoms with van der Waals surface area (Å²) in [5.41, 5.74) is -1.37. The molecule has 0 atom stereocenters. The fourth-order valence-corrected chi connectivity index (χ4v) is 4.43. The Balaban J connectivity index is 1.69. The van der Waals surface area contributed by atoms with Gasteiger partial charge in [0, 0.05) is 37.8 Å². The molecule has 0 saturated carbocycles. The highest BCUT2D eigenvalue weighted by molar-refractivity contribution is 6.01. The van der Waals surface area contributed by atoms with Crippen molar-refractivity contribution in [2.45, 2.75) is 51.5 Å². The Morgan fingerprint density at radius 3 is 2.61 bits per heavy atom. The van der Waals surface area contributed by atoms with Crippen molar-refractivity contribution in [1.29, 1.82) is 0 Å². The molecular formula is C27H31FN4O6. The maximum Gasteiger partial charge on any atom is 0.277 e. The fraction of sp³-hybridized carbons (Fsp3) is 0.407. The zero-order valence-electron chi connectivity index (χ0n) is 21.2. The summed E-state index contributed by atoms with van der Waals surface area (Å²) in [4.78, 5) is 53.0. The molecule has 4 rings (SSSR count). The second kappa shape index (κ2) is 11.9. The number of hydrogen-bond donors (Lipinski definition) is 2. The van der Waals surface area contributed by atoms with Crippen LogP contribution in [0.3, 0.4) is 0 Å². The van der Waals surface area contributed by atoms with Gasteiger partial charge in [-0.1, -0.05) is 31.1 Å². The average Bonchev–Trinajstić information content (AvgIpc) is 2.89. The number of ether oxygens (including phenoxy) is 1. The fourth-order valence-electron chi connectivity index (χ4n) is 4.43. The zero-order chi connectivity index (χ0) is 27.2. The third-order valence-corrected chi connectivity index (χ3v) is 6.54. The second-order valence-corrected chi connectivity index (χ2v) is 9.35. The molecule has 1 aromatic heterocycles. The van der Waals surface area contributed by atoms with Gasteiger partial charge < -0.3 is 20.1 Å². The summed E-state index contributed by atoms with van der Waals surface area (Å²) >= 11 is 0. The molecule has 0 aliphatic carbocycles. The van der Waals surface area contributed by atoms with E-state index in [0.717, 1.165) is 36.6 Å². The highest BCUT2D eigenvalue weighted by Gasteiger charge is 2.35. The number of nitrogens with zero attached hydrogens (tertiary/aromatic N) is 3. The molecule has 3 heterocycles.